The Labute approximate surface area is 106 Å². The zero-order valence-corrected chi connectivity index (χ0v) is 10.3. The molecule has 1 aliphatic carbocycles. The van der Waals surface area contributed by atoms with Crippen molar-refractivity contribution in [2.75, 3.05) is 18.5 Å². The van der Waals surface area contributed by atoms with Crippen LogP contribution in [-0.2, 0) is 6.42 Å². The van der Waals surface area contributed by atoms with Gasteiger partial charge in [0.15, 0.2) is 0 Å². The molecule has 1 aromatic carbocycles. The summed E-state index contributed by atoms with van der Waals surface area (Å²) in [6, 6.07) is 5.78. The average molecular weight is 246 g/mol. The van der Waals surface area contributed by atoms with Crippen molar-refractivity contribution >= 4 is 11.6 Å². The molecule has 4 nitrogen and oxygen atoms in total. The third-order valence-electron chi connectivity index (χ3n) is 4.07. The van der Waals surface area contributed by atoms with Gasteiger partial charge < -0.3 is 15.7 Å². The molecular weight excluding hydrogens is 228 g/mol. The van der Waals surface area contributed by atoms with Gasteiger partial charge in [-0.15, -0.1) is 0 Å². The maximum Gasteiger partial charge on any atom is 0.251 e. The van der Waals surface area contributed by atoms with Crippen LogP contribution in [0, 0.1) is 0 Å². The van der Waals surface area contributed by atoms with Gasteiger partial charge in [0.05, 0.1) is 12.1 Å². The lowest BCUT2D eigenvalue weighted by Crippen LogP contribution is -2.56. The van der Waals surface area contributed by atoms with E-state index >= 15 is 0 Å². The van der Waals surface area contributed by atoms with E-state index in [1.165, 1.54) is 5.56 Å². The lowest BCUT2D eigenvalue weighted by atomic mass is 9.77. The van der Waals surface area contributed by atoms with Crippen molar-refractivity contribution in [3.63, 3.8) is 0 Å². The number of benzene rings is 1. The van der Waals surface area contributed by atoms with E-state index in [9.17, 15) is 9.90 Å². The van der Waals surface area contributed by atoms with Gasteiger partial charge in [0, 0.05) is 17.8 Å². The van der Waals surface area contributed by atoms with E-state index in [1.807, 2.05) is 18.2 Å². The normalized spacial score (nSPS) is 19.6. The Morgan fingerprint density at radius 1 is 1.44 bits per heavy atom. The van der Waals surface area contributed by atoms with Gasteiger partial charge in [0.1, 0.15) is 0 Å². The molecule has 4 heteroatoms. The third-order valence-corrected chi connectivity index (χ3v) is 4.07. The van der Waals surface area contributed by atoms with Crippen molar-refractivity contribution in [1.29, 1.82) is 0 Å². The Bertz CT molecular complexity index is 475. The zero-order valence-electron chi connectivity index (χ0n) is 10.3. The van der Waals surface area contributed by atoms with Gasteiger partial charge in [0.25, 0.3) is 5.91 Å². The van der Waals surface area contributed by atoms with Gasteiger partial charge >= 0.3 is 0 Å². The zero-order chi connectivity index (χ0) is 12.6. The molecule has 1 heterocycles. The number of aliphatic hydroxyl groups excluding tert-OH is 1. The van der Waals surface area contributed by atoms with Crippen LogP contribution in [0.2, 0.25) is 0 Å². The topological polar surface area (TPSA) is 61.4 Å². The minimum atomic E-state index is -0.372. The molecule has 0 saturated heterocycles. The second-order valence-corrected chi connectivity index (χ2v) is 5.29. The van der Waals surface area contributed by atoms with Crippen molar-refractivity contribution in [2.24, 2.45) is 0 Å². The van der Waals surface area contributed by atoms with Gasteiger partial charge in [-0.2, -0.15) is 0 Å². The second kappa shape index (κ2) is 4.28. The van der Waals surface area contributed by atoms with E-state index in [-0.39, 0.29) is 18.1 Å². The summed E-state index contributed by atoms with van der Waals surface area (Å²) in [4.78, 5) is 12.2. The number of hydrogen-bond donors (Lipinski definition) is 3. The molecule has 0 aromatic heterocycles. The highest BCUT2D eigenvalue weighted by molar-refractivity contribution is 5.96. The van der Waals surface area contributed by atoms with E-state index in [4.69, 9.17) is 0 Å². The number of aliphatic hydroxyl groups is 1. The highest BCUT2D eigenvalue weighted by Crippen LogP contribution is 2.32. The number of carbonyl (C=O) groups is 1. The summed E-state index contributed by atoms with van der Waals surface area (Å²) in [5.41, 5.74) is 2.63. The van der Waals surface area contributed by atoms with Crippen LogP contribution >= 0.6 is 0 Å². The molecule has 2 aliphatic rings. The molecule has 0 atom stereocenters. The Morgan fingerprint density at radius 3 is 2.94 bits per heavy atom. The molecule has 96 valence electrons. The quantitative estimate of drug-likeness (QED) is 0.753. The van der Waals surface area contributed by atoms with Crippen molar-refractivity contribution in [3.05, 3.63) is 29.3 Å². The second-order valence-electron chi connectivity index (χ2n) is 5.29. The van der Waals surface area contributed by atoms with E-state index in [2.05, 4.69) is 10.6 Å². The third kappa shape index (κ3) is 1.86. The Kier molecular flexibility index (Phi) is 2.74. The van der Waals surface area contributed by atoms with Crippen molar-refractivity contribution < 1.29 is 9.90 Å². The molecule has 3 N–H and O–H groups in total. The smallest absolute Gasteiger partial charge is 0.251 e. The van der Waals surface area contributed by atoms with Gasteiger partial charge in [-0.05, 0) is 43.4 Å². The molecule has 0 bridgehead atoms. The molecule has 1 amide bonds. The van der Waals surface area contributed by atoms with E-state index in [0.717, 1.165) is 37.9 Å². The fourth-order valence-electron chi connectivity index (χ4n) is 2.67. The van der Waals surface area contributed by atoms with Crippen LogP contribution in [0.15, 0.2) is 18.2 Å². The first-order valence-electron chi connectivity index (χ1n) is 6.53. The Hall–Kier alpha value is -1.55. The molecule has 1 fully saturated rings. The van der Waals surface area contributed by atoms with Crippen LogP contribution in [0.25, 0.3) is 0 Å². The number of amides is 1. The summed E-state index contributed by atoms with van der Waals surface area (Å²) in [6.45, 7) is 0.975. The van der Waals surface area contributed by atoms with Crippen LogP contribution in [0.4, 0.5) is 5.69 Å². The number of carbonyl (C=O) groups excluding carboxylic acids is 1. The highest BCUT2D eigenvalue weighted by atomic mass is 16.3. The SMILES string of the molecule is O=C(NC1(CO)CCC1)c1ccc2c(c1)NCC2. The molecule has 1 aliphatic heterocycles. The summed E-state index contributed by atoms with van der Waals surface area (Å²) in [7, 11) is 0. The average Bonchev–Trinajstić information content (AvgIpc) is 2.80. The minimum absolute atomic E-state index is 0.0297. The molecule has 3 rings (SSSR count). The van der Waals surface area contributed by atoms with E-state index < -0.39 is 0 Å². The number of rotatable bonds is 3. The number of nitrogens with one attached hydrogen (secondary N) is 2. The Morgan fingerprint density at radius 2 is 2.28 bits per heavy atom. The standard InChI is InChI=1S/C14H18N2O2/c17-9-14(5-1-6-14)16-13(18)11-3-2-10-4-7-15-12(10)8-11/h2-3,8,15,17H,1,4-7,9H2,(H,16,18). The van der Waals surface area contributed by atoms with Crippen molar-refractivity contribution in [1.82, 2.24) is 5.32 Å². The first-order chi connectivity index (χ1) is 8.72. The summed E-state index contributed by atoms with van der Waals surface area (Å²) in [6.07, 6.45) is 3.85. The number of fused-ring (bicyclic) bond motifs is 1. The van der Waals surface area contributed by atoms with Crippen molar-refractivity contribution in [3.8, 4) is 0 Å². The van der Waals surface area contributed by atoms with Crippen LogP contribution < -0.4 is 10.6 Å². The predicted octanol–water partition coefficient (Wildman–Crippen LogP) is 1.30. The monoisotopic (exact) mass is 246 g/mol. The highest BCUT2D eigenvalue weighted by Gasteiger charge is 2.37. The molecule has 0 spiro atoms. The Balaban J connectivity index is 1.76. The summed E-state index contributed by atoms with van der Waals surface area (Å²) in [5.74, 6) is -0.0831. The predicted molar refractivity (Wildman–Crippen MR) is 69.8 cm³/mol. The van der Waals surface area contributed by atoms with Crippen LogP contribution in [0.5, 0.6) is 0 Å². The molecule has 0 unspecified atom stereocenters. The van der Waals surface area contributed by atoms with Crippen molar-refractivity contribution in [2.45, 2.75) is 31.2 Å². The van der Waals surface area contributed by atoms with Gasteiger partial charge in [-0.3, -0.25) is 4.79 Å². The maximum atomic E-state index is 12.2. The maximum absolute atomic E-state index is 12.2. The van der Waals surface area contributed by atoms with Gasteiger partial charge in [-0.1, -0.05) is 6.07 Å². The molecular formula is C14H18N2O2. The first kappa shape index (κ1) is 11.5. The fraction of sp³-hybridized carbons (Fsp3) is 0.500. The van der Waals surface area contributed by atoms with Gasteiger partial charge in [-0.25, -0.2) is 0 Å². The molecule has 1 aromatic rings. The summed E-state index contributed by atoms with van der Waals surface area (Å²) >= 11 is 0. The molecule has 1 saturated carbocycles. The minimum Gasteiger partial charge on any atom is -0.394 e. The fourth-order valence-corrected chi connectivity index (χ4v) is 2.67. The first-order valence-corrected chi connectivity index (χ1v) is 6.53. The lowest BCUT2D eigenvalue weighted by molar-refractivity contribution is 0.0641. The van der Waals surface area contributed by atoms with Crippen LogP contribution in [-0.4, -0.2) is 29.7 Å². The summed E-state index contributed by atoms with van der Waals surface area (Å²) in [5, 5.41) is 15.6. The van der Waals surface area contributed by atoms with E-state index in [0.29, 0.717) is 5.56 Å². The molecule has 0 radical (unpaired) electrons. The molecule has 18 heavy (non-hydrogen) atoms. The lowest BCUT2D eigenvalue weighted by Gasteiger charge is -2.40. The van der Waals surface area contributed by atoms with Crippen LogP contribution in [0.3, 0.4) is 0 Å². The van der Waals surface area contributed by atoms with E-state index in [1.54, 1.807) is 0 Å². The van der Waals surface area contributed by atoms with Crippen LogP contribution in [0.1, 0.15) is 35.2 Å². The summed E-state index contributed by atoms with van der Waals surface area (Å²) < 4.78 is 0. The van der Waals surface area contributed by atoms with Gasteiger partial charge in [0.2, 0.25) is 0 Å². The number of anilines is 1. The largest absolute Gasteiger partial charge is 0.394 e. The number of hydrogen-bond acceptors (Lipinski definition) is 3.